The van der Waals surface area contributed by atoms with Gasteiger partial charge in [-0.2, -0.15) is 5.26 Å². The van der Waals surface area contributed by atoms with E-state index in [4.69, 9.17) is 10.00 Å². The number of methoxy groups -OCH3 is 1. The van der Waals surface area contributed by atoms with E-state index in [9.17, 15) is 14.7 Å². The number of fused-ring (bicyclic) bond motifs is 1. The fourth-order valence-corrected chi connectivity index (χ4v) is 4.36. The molecule has 0 amide bonds. The highest BCUT2D eigenvalue weighted by atomic mass is 19.1. The van der Waals surface area contributed by atoms with E-state index in [2.05, 4.69) is 12.2 Å². The first kappa shape index (κ1) is 24.5. The fraction of sp³-hybridized carbons (Fsp3) is 0.542. The van der Waals surface area contributed by atoms with E-state index in [1.54, 1.807) is 4.57 Å². The van der Waals surface area contributed by atoms with Crippen molar-refractivity contribution < 1.29 is 19.0 Å². The minimum Gasteiger partial charge on any atom is -0.492 e. The number of aromatic nitrogens is 1. The maximum Gasteiger partial charge on any atom is 0.341 e. The van der Waals surface area contributed by atoms with Gasteiger partial charge in [-0.25, -0.2) is 9.18 Å². The molecule has 2 atom stereocenters. The SMILES string of the molecule is CCC#N.CNC(C)C1CCN(c2c(F)cc3c(=O)c(C(=O)O)cn(C4CC4)c3c2OC)C1. The Kier molecular flexibility index (Phi) is 7.59. The number of carboxylic acids is 1. The van der Waals surface area contributed by atoms with Gasteiger partial charge < -0.3 is 24.6 Å². The van der Waals surface area contributed by atoms with Crippen LogP contribution in [-0.4, -0.2) is 48.9 Å². The van der Waals surface area contributed by atoms with Gasteiger partial charge in [-0.3, -0.25) is 4.79 Å². The second-order valence-electron chi connectivity index (χ2n) is 8.54. The van der Waals surface area contributed by atoms with Gasteiger partial charge in [0.2, 0.25) is 5.43 Å². The third kappa shape index (κ3) is 4.81. The molecule has 2 N–H and O–H groups in total. The first-order valence-electron chi connectivity index (χ1n) is 11.3. The number of benzene rings is 1. The third-order valence-corrected chi connectivity index (χ3v) is 6.43. The summed E-state index contributed by atoms with van der Waals surface area (Å²) in [7, 11) is 3.38. The summed E-state index contributed by atoms with van der Waals surface area (Å²) in [6.45, 7) is 5.30. The van der Waals surface area contributed by atoms with E-state index >= 15 is 4.39 Å². The van der Waals surface area contributed by atoms with Gasteiger partial charge in [-0.05, 0) is 45.2 Å². The largest absolute Gasteiger partial charge is 0.492 e. The molecule has 2 aromatic rings. The van der Waals surface area contributed by atoms with Crippen LogP contribution in [0.1, 0.15) is 55.9 Å². The Hall–Kier alpha value is -3.12. The summed E-state index contributed by atoms with van der Waals surface area (Å²) in [6.07, 6.45) is 4.71. The van der Waals surface area contributed by atoms with E-state index in [0.29, 0.717) is 48.4 Å². The van der Waals surface area contributed by atoms with Crippen molar-refractivity contribution in [3.05, 3.63) is 33.9 Å². The van der Waals surface area contributed by atoms with Gasteiger partial charge >= 0.3 is 5.97 Å². The lowest BCUT2D eigenvalue weighted by Crippen LogP contribution is -2.33. The van der Waals surface area contributed by atoms with Crippen molar-refractivity contribution in [3.8, 4) is 11.8 Å². The van der Waals surface area contributed by atoms with Crippen molar-refractivity contribution in [2.75, 3.05) is 32.1 Å². The number of pyridine rings is 1. The van der Waals surface area contributed by atoms with E-state index in [1.807, 2.05) is 24.9 Å². The van der Waals surface area contributed by atoms with Gasteiger partial charge in [0, 0.05) is 37.8 Å². The lowest BCUT2D eigenvalue weighted by molar-refractivity contribution is 0.0694. The number of ether oxygens (including phenoxy) is 1. The number of anilines is 1. The van der Waals surface area contributed by atoms with Gasteiger partial charge in [0.1, 0.15) is 11.3 Å². The molecule has 2 aliphatic rings. The maximum absolute atomic E-state index is 15.3. The fourth-order valence-electron chi connectivity index (χ4n) is 4.36. The molecule has 0 radical (unpaired) electrons. The Bertz CT molecular complexity index is 1140. The number of nitrogens with one attached hydrogen (secondary N) is 1. The maximum atomic E-state index is 15.3. The van der Waals surface area contributed by atoms with Gasteiger partial charge in [0.25, 0.3) is 0 Å². The van der Waals surface area contributed by atoms with Crippen LogP contribution >= 0.6 is 0 Å². The molecule has 8 nitrogen and oxygen atoms in total. The van der Waals surface area contributed by atoms with Crippen molar-refractivity contribution in [1.29, 1.82) is 5.26 Å². The number of hydrogen-bond acceptors (Lipinski definition) is 6. The van der Waals surface area contributed by atoms with Gasteiger partial charge in [0.05, 0.1) is 24.1 Å². The average molecular weight is 459 g/mol. The molecule has 1 saturated heterocycles. The number of rotatable bonds is 6. The number of halogens is 1. The lowest BCUT2D eigenvalue weighted by Gasteiger charge is -2.25. The van der Waals surface area contributed by atoms with Crippen LogP contribution in [0.2, 0.25) is 0 Å². The summed E-state index contributed by atoms with van der Waals surface area (Å²) in [4.78, 5) is 26.3. The number of carbonyl (C=O) groups is 1. The Morgan fingerprint density at radius 2 is 2.09 bits per heavy atom. The molecule has 1 aromatic heterocycles. The molecule has 1 aromatic carbocycles. The lowest BCUT2D eigenvalue weighted by atomic mass is 10.0. The summed E-state index contributed by atoms with van der Waals surface area (Å²) in [6, 6.07) is 3.51. The molecule has 2 fully saturated rings. The minimum absolute atomic E-state index is 0.0502. The van der Waals surface area contributed by atoms with Crippen molar-refractivity contribution in [1.82, 2.24) is 9.88 Å². The molecule has 178 valence electrons. The number of nitrogens with zero attached hydrogens (tertiary/aromatic N) is 3. The van der Waals surface area contributed by atoms with E-state index in [1.165, 1.54) is 19.4 Å². The number of aromatic carboxylic acids is 1. The highest BCUT2D eigenvalue weighted by molar-refractivity contribution is 5.97. The molecule has 0 bridgehead atoms. The molecule has 1 aliphatic heterocycles. The highest BCUT2D eigenvalue weighted by Crippen LogP contribution is 2.44. The Morgan fingerprint density at radius 1 is 1.42 bits per heavy atom. The van der Waals surface area contributed by atoms with E-state index in [-0.39, 0.29) is 17.0 Å². The first-order valence-corrected chi connectivity index (χ1v) is 11.3. The summed E-state index contributed by atoms with van der Waals surface area (Å²) in [5, 5.41) is 20.4. The Morgan fingerprint density at radius 3 is 2.61 bits per heavy atom. The van der Waals surface area contributed by atoms with E-state index in [0.717, 1.165) is 19.3 Å². The van der Waals surface area contributed by atoms with Gasteiger partial charge in [-0.1, -0.05) is 6.92 Å². The second kappa shape index (κ2) is 10.2. The molecular formula is C24H31FN4O4. The van der Waals surface area contributed by atoms with Crippen LogP contribution < -0.4 is 20.4 Å². The Labute approximate surface area is 192 Å². The second-order valence-corrected chi connectivity index (χ2v) is 8.54. The number of hydrogen-bond donors (Lipinski definition) is 2. The van der Waals surface area contributed by atoms with Crippen LogP contribution in [0.15, 0.2) is 17.1 Å². The normalized spacial score (nSPS) is 18.4. The smallest absolute Gasteiger partial charge is 0.341 e. The zero-order valence-electron chi connectivity index (χ0n) is 19.5. The molecule has 2 heterocycles. The van der Waals surface area contributed by atoms with Crippen molar-refractivity contribution >= 4 is 22.6 Å². The molecule has 9 heteroatoms. The van der Waals surface area contributed by atoms with Crippen LogP contribution in [0, 0.1) is 23.1 Å². The molecular weight excluding hydrogens is 427 g/mol. The van der Waals surface area contributed by atoms with Crippen molar-refractivity contribution in [3.63, 3.8) is 0 Å². The predicted octanol–water partition coefficient (Wildman–Crippen LogP) is 3.54. The van der Waals surface area contributed by atoms with Crippen LogP contribution in [0.5, 0.6) is 5.75 Å². The van der Waals surface area contributed by atoms with E-state index < -0.39 is 17.2 Å². The zero-order chi connectivity index (χ0) is 24.3. The number of carboxylic acid groups (broad SMARTS) is 1. The molecule has 1 saturated carbocycles. The summed E-state index contributed by atoms with van der Waals surface area (Å²) >= 11 is 0. The standard InChI is InChI=1S/C21H26FN3O4.C3H5N/c1-11(23-2)12-6-7-24(9-12)18-16(22)8-14-17(20(18)29-3)25(13-4-5-13)10-15(19(14)26)21(27)28;1-2-3-4/h8,10-13,23H,4-7,9H2,1-3H3,(H,27,28);2H2,1H3. The molecule has 2 unspecified atom stereocenters. The highest BCUT2D eigenvalue weighted by Gasteiger charge is 2.34. The quantitative estimate of drug-likeness (QED) is 0.682. The van der Waals surface area contributed by atoms with Crippen LogP contribution in [0.4, 0.5) is 10.1 Å². The monoisotopic (exact) mass is 458 g/mol. The first-order chi connectivity index (χ1) is 15.8. The summed E-state index contributed by atoms with van der Waals surface area (Å²) in [5.41, 5.74) is -0.201. The summed E-state index contributed by atoms with van der Waals surface area (Å²) < 4.78 is 22.7. The molecule has 4 rings (SSSR count). The topological polar surface area (TPSA) is 108 Å². The zero-order valence-corrected chi connectivity index (χ0v) is 19.5. The van der Waals surface area contributed by atoms with Crippen LogP contribution in [0.25, 0.3) is 10.9 Å². The van der Waals surface area contributed by atoms with Crippen molar-refractivity contribution in [2.24, 2.45) is 5.92 Å². The number of nitriles is 1. The molecule has 0 spiro atoms. The summed E-state index contributed by atoms with van der Waals surface area (Å²) in [5.74, 6) is -1.19. The Balaban J connectivity index is 0.000000709. The van der Waals surface area contributed by atoms with Gasteiger partial charge in [0.15, 0.2) is 11.6 Å². The predicted molar refractivity (Wildman–Crippen MR) is 125 cm³/mol. The van der Waals surface area contributed by atoms with Gasteiger partial charge in [-0.15, -0.1) is 0 Å². The van der Waals surface area contributed by atoms with Crippen molar-refractivity contribution in [2.45, 2.75) is 51.6 Å². The molecule has 1 aliphatic carbocycles. The molecule has 33 heavy (non-hydrogen) atoms. The third-order valence-electron chi connectivity index (χ3n) is 6.43. The van der Waals surface area contributed by atoms with Crippen LogP contribution in [-0.2, 0) is 0 Å². The van der Waals surface area contributed by atoms with Crippen LogP contribution in [0.3, 0.4) is 0 Å². The minimum atomic E-state index is -1.31. The average Bonchev–Trinajstić information content (AvgIpc) is 3.54.